The predicted octanol–water partition coefficient (Wildman–Crippen LogP) is 1.31. The molecule has 0 amide bonds. The van der Waals surface area contributed by atoms with Gasteiger partial charge in [0.1, 0.15) is 6.04 Å². The zero-order chi connectivity index (χ0) is 12.0. The average molecular weight is 228 g/mol. The first-order valence-electron chi connectivity index (χ1n) is 6.38. The van der Waals surface area contributed by atoms with Crippen LogP contribution in [0.4, 0.5) is 0 Å². The Morgan fingerprint density at radius 1 is 1.44 bits per heavy atom. The van der Waals surface area contributed by atoms with Crippen LogP contribution in [0.2, 0.25) is 0 Å². The first-order chi connectivity index (χ1) is 7.67. The second kappa shape index (κ2) is 6.86. The van der Waals surface area contributed by atoms with E-state index in [-0.39, 0.29) is 6.04 Å². The third kappa shape index (κ3) is 4.10. The molecule has 1 rings (SSSR count). The molecule has 0 aliphatic carbocycles. The van der Waals surface area contributed by atoms with E-state index in [1.807, 2.05) is 6.92 Å². The zero-order valence-corrected chi connectivity index (χ0v) is 10.4. The molecule has 0 aromatic carbocycles. The van der Waals surface area contributed by atoms with Gasteiger partial charge in [-0.25, -0.2) is 0 Å². The molecule has 0 spiro atoms. The van der Waals surface area contributed by atoms with Crippen molar-refractivity contribution in [3.05, 3.63) is 0 Å². The lowest BCUT2D eigenvalue weighted by molar-refractivity contribution is -0.140. The van der Waals surface area contributed by atoms with Gasteiger partial charge in [0.25, 0.3) is 0 Å². The molecule has 4 nitrogen and oxygen atoms in total. The number of nitrogens with one attached hydrogen (secondary N) is 1. The normalized spacial score (nSPS) is 20.9. The van der Waals surface area contributed by atoms with Crippen LogP contribution in [0.1, 0.15) is 39.5 Å². The van der Waals surface area contributed by atoms with E-state index in [0.29, 0.717) is 6.04 Å². The molecule has 0 radical (unpaired) electrons. The maximum Gasteiger partial charge on any atom is 0.320 e. The summed E-state index contributed by atoms with van der Waals surface area (Å²) < 4.78 is 0. The van der Waals surface area contributed by atoms with Gasteiger partial charge in [0.15, 0.2) is 0 Å². The maximum atomic E-state index is 11.0. The highest BCUT2D eigenvalue weighted by molar-refractivity contribution is 5.73. The van der Waals surface area contributed by atoms with Gasteiger partial charge in [-0.05, 0) is 38.9 Å². The van der Waals surface area contributed by atoms with E-state index in [2.05, 4.69) is 17.1 Å². The summed E-state index contributed by atoms with van der Waals surface area (Å²) in [6, 6.07) is 0.0265. The topological polar surface area (TPSA) is 52.6 Å². The molecule has 1 unspecified atom stereocenters. The fraction of sp³-hybridized carbons (Fsp3) is 0.917. The fourth-order valence-electron chi connectivity index (χ4n) is 2.27. The summed E-state index contributed by atoms with van der Waals surface area (Å²) in [4.78, 5) is 13.4. The lowest BCUT2D eigenvalue weighted by Gasteiger charge is -2.33. The monoisotopic (exact) mass is 228 g/mol. The van der Waals surface area contributed by atoms with Crippen molar-refractivity contribution in [1.82, 2.24) is 10.2 Å². The quantitative estimate of drug-likeness (QED) is 0.720. The van der Waals surface area contributed by atoms with Crippen molar-refractivity contribution in [2.45, 2.75) is 51.6 Å². The molecular weight excluding hydrogens is 204 g/mol. The molecular formula is C12H24N2O2. The Morgan fingerprint density at radius 3 is 2.50 bits per heavy atom. The van der Waals surface area contributed by atoms with Gasteiger partial charge in [0, 0.05) is 6.04 Å². The number of carboxylic acids is 1. The molecule has 0 bridgehead atoms. The fourth-order valence-corrected chi connectivity index (χ4v) is 2.27. The lowest BCUT2D eigenvalue weighted by Crippen LogP contribution is -2.48. The van der Waals surface area contributed by atoms with Crippen molar-refractivity contribution in [2.75, 3.05) is 19.6 Å². The first kappa shape index (κ1) is 13.5. The van der Waals surface area contributed by atoms with Gasteiger partial charge in [-0.2, -0.15) is 0 Å². The first-order valence-corrected chi connectivity index (χ1v) is 6.38. The number of likely N-dealkylation sites (tertiary alicyclic amines) is 1. The van der Waals surface area contributed by atoms with Crippen LogP contribution >= 0.6 is 0 Å². The van der Waals surface area contributed by atoms with Crippen molar-refractivity contribution < 1.29 is 9.90 Å². The van der Waals surface area contributed by atoms with E-state index < -0.39 is 5.97 Å². The number of piperidine rings is 1. The summed E-state index contributed by atoms with van der Waals surface area (Å²) in [7, 11) is 0. The van der Waals surface area contributed by atoms with Gasteiger partial charge in [-0.3, -0.25) is 4.79 Å². The molecule has 1 atom stereocenters. The van der Waals surface area contributed by atoms with Gasteiger partial charge in [-0.15, -0.1) is 0 Å². The summed E-state index contributed by atoms with van der Waals surface area (Å²) in [6.07, 6.45) is 3.78. The van der Waals surface area contributed by atoms with Crippen LogP contribution in [0, 0.1) is 0 Å². The summed E-state index contributed by atoms with van der Waals surface area (Å²) >= 11 is 0. The third-order valence-electron chi connectivity index (χ3n) is 3.35. The van der Waals surface area contributed by atoms with E-state index in [1.165, 1.54) is 0 Å². The van der Waals surface area contributed by atoms with Crippen LogP contribution in [0.25, 0.3) is 0 Å². The van der Waals surface area contributed by atoms with Crippen LogP contribution < -0.4 is 5.32 Å². The number of rotatable bonds is 6. The molecule has 16 heavy (non-hydrogen) atoms. The molecule has 1 aliphatic heterocycles. The molecule has 0 saturated carbocycles. The molecule has 2 N–H and O–H groups in total. The minimum atomic E-state index is -0.709. The third-order valence-corrected chi connectivity index (χ3v) is 3.35. The highest BCUT2D eigenvalue weighted by Crippen LogP contribution is 2.11. The Balaban J connectivity index is 2.33. The summed E-state index contributed by atoms with van der Waals surface area (Å²) in [5.41, 5.74) is 0. The minimum absolute atomic E-state index is 0.358. The number of carbonyl (C=O) groups is 1. The van der Waals surface area contributed by atoms with Gasteiger partial charge in [-0.1, -0.05) is 20.3 Å². The van der Waals surface area contributed by atoms with Crippen LogP contribution in [0.5, 0.6) is 0 Å². The molecule has 94 valence electrons. The number of carboxylic acid groups (broad SMARTS) is 1. The summed E-state index contributed by atoms with van der Waals surface area (Å²) in [6.45, 7) is 7.48. The molecule has 1 fully saturated rings. The standard InChI is InChI=1S/C12H24N2O2/c1-3-5-11(12(15)16)13-10-6-8-14(4-2)9-7-10/h10-11,13H,3-9H2,1-2H3,(H,15,16). The summed E-state index contributed by atoms with van der Waals surface area (Å²) in [5, 5.41) is 12.3. The van der Waals surface area contributed by atoms with Gasteiger partial charge >= 0.3 is 5.97 Å². The average Bonchev–Trinajstić information content (AvgIpc) is 2.29. The van der Waals surface area contributed by atoms with Crippen LogP contribution in [-0.4, -0.2) is 47.7 Å². The maximum absolute atomic E-state index is 11.0. The lowest BCUT2D eigenvalue weighted by atomic mass is 10.0. The highest BCUT2D eigenvalue weighted by Gasteiger charge is 2.23. The van der Waals surface area contributed by atoms with Gasteiger partial charge in [0.05, 0.1) is 0 Å². The van der Waals surface area contributed by atoms with E-state index in [4.69, 9.17) is 5.11 Å². The predicted molar refractivity (Wildman–Crippen MR) is 64.6 cm³/mol. The van der Waals surface area contributed by atoms with E-state index >= 15 is 0 Å². The summed E-state index contributed by atoms with van der Waals surface area (Å²) in [5.74, 6) is -0.709. The van der Waals surface area contributed by atoms with Crippen molar-refractivity contribution >= 4 is 5.97 Å². The zero-order valence-electron chi connectivity index (χ0n) is 10.4. The smallest absolute Gasteiger partial charge is 0.320 e. The second-order valence-corrected chi connectivity index (χ2v) is 4.55. The molecule has 1 heterocycles. The van der Waals surface area contributed by atoms with Gasteiger partial charge < -0.3 is 15.3 Å². The Kier molecular flexibility index (Phi) is 5.77. The van der Waals surface area contributed by atoms with Gasteiger partial charge in [0.2, 0.25) is 0 Å². The molecule has 0 aromatic rings. The molecule has 1 saturated heterocycles. The van der Waals surface area contributed by atoms with Crippen molar-refractivity contribution in [3.8, 4) is 0 Å². The number of aliphatic carboxylic acids is 1. The van der Waals surface area contributed by atoms with Crippen LogP contribution in [-0.2, 0) is 4.79 Å². The van der Waals surface area contributed by atoms with Crippen molar-refractivity contribution in [2.24, 2.45) is 0 Å². The van der Waals surface area contributed by atoms with E-state index in [1.54, 1.807) is 0 Å². The second-order valence-electron chi connectivity index (χ2n) is 4.55. The van der Waals surface area contributed by atoms with Crippen LogP contribution in [0.3, 0.4) is 0 Å². The van der Waals surface area contributed by atoms with E-state index in [0.717, 1.165) is 45.3 Å². The SMILES string of the molecule is CCCC(NC1CCN(CC)CC1)C(=O)O. The van der Waals surface area contributed by atoms with Crippen molar-refractivity contribution in [1.29, 1.82) is 0 Å². The Labute approximate surface area is 98.0 Å². The molecule has 0 aromatic heterocycles. The number of hydrogen-bond donors (Lipinski definition) is 2. The van der Waals surface area contributed by atoms with Crippen molar-refractivity contribution in [3.63, 3.8) is 0 Å². The highest BCUT2D eigenvalue weighted by atomic mass is 16.4. The van der Waals surface area contributed by atoms with Crippen LogP contribution in [0.15, 0.2) is 0 Å². The van der Waals surface area contributed by atoms with E-state index in [9.17, 15) is 4.79 Å². The molecule has 1 aliphatic rings. The Morgan fingerprint density at radius 2 is 2.06 bits per heavy atom. The Hall–Kier alpha value is -0.610. The molecule has 4 heteroatoms. The number of hydrogen-bond acceptors (Lipinski definition) is 3. The largest absolute Gasteiger partial charge is 0.480 e. The number of nitrogens with zero attached hydrogens (tertiary/aromatic N) is 1. The minimum Gasteiger partial charge on any atom is -0.480 e. The Bertz CT molecular complexity index is 213.